The molecule has 1 aliphatic carbocycles. The van der Waals surface area contributed by atoms with Crippen LogP contribution in [0.5, 0.6) is 0 Å². The molecule has 5 aromatic carbocycles. The summed E-state index contributed by atoms with van der Waals surface area (Å²) in [4.78, 5) is 4.36. The third-order valence-corrected chi connectivity index (χ3v) is 9.68. The topological polar surface area (TPSA) is 39.2 Å². The zero-order valence-corrected chi connectivity index (χ0v) is 27.5. The van der Waals surface area contributed by atoms with Crippen LogP contribution in [0.25, 0.3) is 89.2 Å². The minimum Gasteiger partial charge on any atom is -0.452 e. The van der Waals surface area contributed by atoms with Crippen LogP contribution in [0.15, 0.2) is 136 Å². The third kappa shape index (κ3) is 4.70. The van der Waals surface area contributed by atoms with Crippen molar-refractivity contribution >= 4 is 21.9 Å². The maximum atomic E-state index is 14.6. The molecule has 0 aliphatic heterocycles. The Labute approximate surface area is 286 Å². The zero-order valence-electron chi connectivity index (χ0n) is 27.5. The van der Waals surface area contributed by atoms with Gasteiger partial charge in [0.05, 0.1) is 16.8 Å². The molecule has 6 heteroatoms. The van der Waals surface area contributed by atoms with Gasteiger partial charge in [-0.3, -0.25) is 4.98 Å². The lowest BCUT2D eigenvalue weighted by Gasteiger charge is -2.23. The highest BCUT2D eigenvalue weighted by atomic mass is 19.4. The van der Waals surface area contributed by atoms with Crippen molar-refractivity contribution in [2.24, 2.45) is 0 Å². The Bertz CT molecular complexity index is 2630. The average molecular weight is 662 g/mol. The first kappa shape index (κ1) is 30.2. The van der Waals surface area contributed by atoms with E-state index in [4.69, 9.17) is 8.83 Å². The van der Waals surface area contributed by atoms with E-state index in [1.807, 2.05) is 78.9 Å². The average Bonchev–Trinajstić information content (AvgIpc) is 3.68. The SMILES string of the molecule is CC(C)(C)c1cc(-c2cc(-c3cc4oc5c(c4o3)-c3ccccc3-c3ccccc3-c3ccccc3-5)c(C(F)(F)F)cn2)cc2ccccc12. The van der Waals surface area contributed by atoms with E-state index in [-0.39, 0.29) is 16.7 Å². The summed E-state index contributed by atoms with van der Waals surface area (Å²) >= 11 is 0. The third-order valence-electron chi connectivity index (χ3n) is 9.68. The lowest BCUT2D eigenvalue weighted by Crippen LogP contribution is -2.12. The Hall–Kier alpha value is -5.88. The Morgan fingerprint density at radius 2 is 1.14 bits per heavy atom. The number of pyridine rings is 1. The summed E-state index contributed by atoms with van der Waals surface area (Å²) < 4.78 is 57.0. The molecule has 0 N–H and O–H groups in total. The van der Waals surface area contributed by atoms with Crippen molar-refractivity contribution in [3.05, 3.63) is 139 Å². The molecule has 3 nitrogen and oxygen atoms in total. The number of alkyl halides is 3. The molecule has 0 radical (unpaired) electrons. The van der Waals surface area contributed by atoms with E-state index >= 15 is 0 Å². The van der Waals surface area contributed by atoms with Gasteiger partial charge >= 0.3 is 6.18 Å². The van der Waals surface area contributed by atoms with Crippen LogP contribution in [0.4, 0.5) is 13.2 Å². The number of aromatic nitrogens is 1. The van der Waals surface area contributed by atoms with Crippen molar-refractivity contribution in [3.8, 4) is 67.3 Å². The van der Waals surface area contributed by atoms with Gasteiger partial charge in [-0.05, 0) is 67.8 Å². The smallest absolute Gasteiger partial charge is 0.418 e. The summed E-state index contributed by atoms with van der Waals surface area (Å²) in [6, 6.07) is 39.4. The van der Waals surface area contributed by atoms with Gasteiger partial charge in [0.1, 0.15) is 11.5 Å². The second-order valence-corrected chi connectivity index (χ2v) is 13.9. The van der Waals surface area contributed by atoms with Crippen molar-refractivity contribution in [1.29, 1.82) is 0 Å². The van der Waals surface area contributed by atoms with E-state index in [0.29, 0.717) is 28.2 Å². The molecule has 0 atom stereocenters. The molecule has 244 valence electrons. The molecule has 0 bridgehead atoms. The van der Waals surface area contributed by atoms with Crippen LogP contribution in [-0.4, -0.2) is 4.98 Å². The molecule has 3 heterocycles. The zero-order chi connectivity index (χ0) is 34.4. The lowest BCUT2D eigenvalue weighted by atomic mass is 9.82. The highest BCUT2D eigenvalue weighted by Gasteiger charge is 2.37. The summed E-state index contributed by atoms with van der Waals surface area (Å²) in [5, 5.41) is 2.09. The van der Waals surface area contributed by atoms with E-state index < -0.39 is 11.7 Å². The first-order valence-corrected chi connectivity index (χ1v) is 16.5. The van der Waals surface area contributed by atoms with Gasteiger partial charge in [-0.25, -0.2) is 0 Å². The van der Waals surface area contributed by atoms with Crippen molar-refractivity contribution < 1.29 is 22.0 Å². The number of nitrogens with zero attached hydrogens (tertiary/aromatic N) is 1. The lowest BCUT2D eigenvalue weighted by molar-refractivity contribution is -0.137. The van der Waals surface area contributed by atoms with Crippen LogP contribution in [0.1, 0.15) is 31.9 Å². The van der Waals surface area contributed by atoms with Gasteiger partial charge in [0.2, 0.25) is 0 Å². The van der Waals surface area contributed by atoms with Crippen LogP contribution >= 0.6 is 0 Å². The number of furan rings is 2. The molecule has 0 unspecified atom stereocenters. The van der Waals surface area contributed by atoms with Crippen LogP contribution < -0.4 is 0 Å². The van der Waals surface area contributed by atoms with Gasteiger partial charge in [-0.15, -0.1) is 0 Å². The fourth-order valence-electron chi connectivity index (χ4n) is 7.38. The van der Waals surface area contributed by atoms with E-state index in [1.165, 1.54) is 6.07 Å². The molecule has 50 heavy (non-hydrogen) atoms. The summed E-state index contributed by atoms with van der Waals surface area (Å²) in [6.45, 7) is 6.38. The largest absolute Gasteiger partial charge is 0.452 e. The predicted octanol–water partition coefficient (Wildman–Crippen LogP) is 13.2. The van der Waals surface area contributed by atoms with Gasteiger partial charge in [-0.2, -0.15) is 13.2 Å². The molecule has 0 saturated carbocycles. The minimum absolute atomic E-state index is 0.0579. The number of rotatable bonds is 2. The molecule has 3 aromatic heterocycles. The summed E-state index contributed by atoms with van der Waals surface area (Å²) in [7, 11) is 0. The fourth-order valence-corrected chi connectivity index (χ4v) is 7.38. The monoisotopic (exact) mass is 661 g/mol. The highest BCUT2D eigenvalue weighted by molar-refractivity contribution is 6.09. The second-order valence-electron chi connectivity index (χ2n) is 13.9. The second kappa shape index (κ2) is 10.8. The van der Waals surface area contributed by atoms with Gasteiger partial charge in [0.15, 0.2) is 11.2 Å². The minimum atomic E-state index is -4.67. The van der Waals surface area contributed by atoms with Crippen molar-refractivity contribution in [3.63, 3.8) is 0 Å². The highest BCUT2D eigenvalue weighted by Crippen LogP contribution is 2.52. The molecular formula is C44H30F3NO2. The van der Waals surface area contributed by atoms with E-state index in [0.717, 1.165) is 61.5 Å². The van der Waals surface area contributed by atoms with Crippen LogP contribution in [0.3, 0.4) is 0 Å². The number of benzene rings is 5. The quantitative estimate of drug-likeness (QED) is 0.185. The Kier molecular flexibility index (Phi) is 6.53. The van der Waals surface area contributed by atoms with E-state index in [9.17, 15) is 13.2 Å². The van der Waals surface area contributed by atoms with Crippen LogP contribution in [-0.2, 0) is 11.6 Å². The first-order valence-electron chi connectivity index (χ1n) is 16.5. The van der Waals surface area contributed by atoms with E-state index in [2.05, 4.69) is 56.1 Å². The molecule has 0 saturated heterocycles. The molecule has 0 amide bonds. The molecule has 9 rings (SSSR count). The van der Waals surface area contributed by atoms with Gasteiger partial charge in [0.25, 0.3) is 0 Å². The maximum absolute atomic E-state index is 14.6. The van der Waals surface area contributed by atoms with Crippen LogP contribution in [0, 0.1) is 0 Å². The summed E-state index contributed by atoms with van der Waals surface area (Å²) in [6.07, 6.45) is -3.76. The van der Waals surface area contributed by atoms with Crippen molar-refractivity contribution in [1.82, 2.24) is 4.98 Å². The van der Waals surface area contributed by atoms with Gasteiger partial charge < -0.3 is 8.83 Å². The van der Waals surface area contributed by atoms with Crippen molar-refractivity contribution in [2.45, 2.75) is 32.4 Å². The molecular weight excluding hydrogens is 631 g/mol. The van der Waals surface area contributed by atoms with Gasteiger partial charge in [-0.1, -0.05) is 118 Å². The number of fused-ring (bicyclic) bond motifs is 11. The van der Waals surface area contributed by atoms with Crippen LogP contribution in [0.2, 0.25) is 0 Å². The summed E-state index contributed by atoms with van der Waals surface area (Å²) in [5.41, 5.74) is 8.37. The summed E-state index contributed by atoms with van der Waals surface area (Å²) in [5.74, 6) is 0.669. The Morgan fingerprint density at radius 1 is 0.560 bits per heavy atom. The normalized spacial score (nSPS) is 12.6. The van der Waals surface area contributed by atoms with E-state index in [1.54, 1.807) is 6.07 Å². The Morgan fingerprint density at radius 3 is 1.80 bits per heavy atom. The molecule has 1 aliphatic rings. The number of hydrogen-bond donors (Lipinski definition) is 0. The Balaban J connectivity index is 1.28. The number of halogens is 3. The molecule has 8 aromatic rings. The predicted molar refractivity (Wildman–Crippen MR) is 194 cm³/mol. The molecule has 0 spiro atoms. The molecule has 0 fully saturated rings. The fraction of sp³-hybridized carbons (Fsp3) is 0.114. The number of hydrogen-bond acceptors (Lipinski definition) is 3. The van der Waals surface area contributed by atoms with Gasteiger partial charge in [0, 0.05) is 29.0 Å². The maximum Gasteiger partial charge on any atom is 0.418 e. The first-order chi connectivity index (χ1) is 24.1. The standard InChI is InChI=1S/C44H30F3NO2/c1-43(2,3)35-21-26(20-25-12-4-5-13-27(25)35)37-22-34(36(24-48-37)44(45,46)47)38-23-39-42(49-38)40-32-18-10-8-16-30(32)28-14-6-7-15-29(28)31-17-9-11-19-33(31)41(40)50-39/h4-24H,1-3H3. The van der Waals surface area contributed by atoms with Crippen molar-refractivity contribution in [2.75, 3.05) is 0 Å².